The molecule has 1 aliphatic rings. The van der Waals surface area contributed by atoms with Gasteiger partial charge in [-0.05, 0) is 24.8 Å². The van der Waals surface area contributed by atoms with E-state index in [1.807, 2.05) is 0 Å². The van der Waals surface area contributed by atoms with E-state index in [-0.39, 0.29) is 5.70 Å². The fourth-order valence-corrected chi connectivity index (χ4v) is 1.65. The second kappa shape index (κ2) is 5.35. The van der Waals surface area contributed by atoms with E-state index in [9.17, 15) is 9.59 Å². The fourth-order valence-electron chi connectivity index (χ4n) is 1.65. The molecule has 0 bridgehead atoms. The van der Waals surface area contributed by atoms with E-state index in [1.54, 1.807) is 6.08 Å². The molecule has 4 heteroatoms. The van der Waals surface area contributed by atoms with Crippen molar-refractivity contribution in [2.75, 3.05) is 7.11 Å². The summed E-state index contributed by atoms with van der Waals surface area (Å²) in [6, 6.07) is 0. The highest BCUT2D eigenvalue weighted by molar-refractivity contribution is 5.88. The van der Waals surface area contributed by atoms with Crippen molar-refractivity contribution in [3.8, 4) is 0 Å². The highest BCUT2D eigenvalue weighted by atomic mass is 16.5. The predicted molar refractivity (Wildman–Crippen MR) is 50.2 cm³/mol. The fraction of sp³-hybridized carbons (Fsp3) is 0.600. The van der Waals surface area contributed by atoms with Gasteiger partial charge >= 0.3 is 5.97 Å². The molecular weight excluding hydrogens is 182 g/mol. The lowest BCUT2D eigenvalue weighted by atomic mass is 10.1. The number of esters is 1. The van der Waals surface area contributed by atoms with Crippen molar-refractivity contribution in [3.05, 3.63) is 11.8 Å². The molecule has 0 radical (unpaired) electrons. The van der Waals surface area contributed by atoms with Crippen molar-refractivity contribution in [2.24, 2.45) is 10.9 Å². The summed E-state index contributed by atoms with van der Waals surface area (Å²) in [5.74, 6) is -0.221. The Morgan fingerprint density at radius 2 is 2.14 bits per heavy atom. The van der Waals surface area contributed by atoms with Gasteiger partial charge in [-0.3, -0.25) is 0 Å². The Balaban J connectivity index is 2.74. The molecule has 0 amide bonds. The number of ether oxygens (including phenoxy) is 1. The molecule has 0 spiro atoms. The van der Waals surface area contributed by atoms with Gasteiger partial charge in [-0.1, -0.05) is 12.8 Å². The lowest BCUT2D eigenvalue weighted by Gasteiger charge is -2.02. The number of isocyanates is 1. The van der Waals surface area contributed by atoms with Crippen molar-refractivity contribution >= 4 is 12.0 Å². The molecule has 76 valence electrons. The zero-order valence-electron chi connectivity index (χ0n) is 8.16. The minimum Gasteiger partial charge on any atom is -0.464 e. The summed E-state index contributed by atoms with van der Waals surface area (Å²) < 4.78 is 4.50. The molecule has 4 nitrogen and oxygen atoms in total. The molecule has 0 heterocycles. The third-order valence-electron chi connectivity index (χ3n) is 2.35. The van der Waals surface area contributed by atoms with Crippen LogP contribution in [0.5, 0.6) is 0 Å². The smallest absolute Gasteiger partial charge is 0.357 e. The van der Waals surface area contributed by atoms with E-state index in [4.69, 9.17) is 0 Å². The van der Waals surface area contributed by atoms with E-state index in [1.165, 1.54) is 26.0 Å². The average molecular weight is 195 g/mol. The highest BCUT2D eigenvalue weighted by Crippen LogP contribution is 2.27. The monoisotopic (exact) mass is 195 g/mol. The van der Waals surface area contributed by atoms with E-state index >= 15 is 0 Å². The van der Waals surface area contributed by atoms with Crippen LogP contribution in [0.4, 0.5) is 0 Å². The number of hydrogen-bond acceptors (Lipinski definition) is 4. The summed E-state index contributed by atoms with van der Waals surface area (Å²) in [4.78, 5) is 24.5. The average Bonchev–Trinajstić information content (AvgIpc) is 2.68. The van der Waals surface area contributed by atoms with Crippen LogP contribution in [0.2, 0.25) is 0 Å². The first-order valence-electron chi connectivity index (χ1n) is 4.66. The number of allylic oxidation sites excluding steroid dienone is 1. The van der Waals surface area contributed by atoms with Crippen LogP contribution in [-0.4, -0.2) is 19.2 Å². The highest BCUT2D eigenvalue weighted by Gasteiger charge is 2.16. The topological polar surface area (TPSA) is 55.7 Å². The molecule has 0 unspecified atom stereocenters. The number of rotatable bonds is 3. The third kappa shape index (κ3) is 2.82. The molecule has 1 saturated carbocycles. The van der Waals surface area contributed by atoms with Crippen LogP contribution in [-0.2, 0) is 14.3 Å². The number of carbonyl (C=O) groups is 1. The minimum atomic E-state index is -0.569. The van der Waals surface area contributed by atoms with Crippen molar-refractivity contribution in [3.63, 3.8) is 0 Å². The summed E-state index contributed by atoms with van der Waals surface area (Å²) in [5.41, 5.74) is 0.0781. The van der Waals surface area contributed by atoms with Gasteiger partial charge in [0.05, 0.1) is 7.11 Å². The molecule has 14 heavy (non-hydrogen) atoms. The molecule has 0 aromatic carbocycles. The minimum absolute atomic E-state index is 0.0781. The number of carbonyl (C=O) groups excluding carboxylic acids is 2. The summed E-state index contributed by atoms with van der Waals surface area (Å²) >= 11 is 0. The third-order valence-corrected chi connectivity index (χ3v) is 2.35. The van der Waals surface area contributed by atoms with Gasteiger partial charge in [0.1, 0.15) is 0 Å². The number of aliphatic imine (C=N–C) groups is 1. The first-order valence-corrected chi connectivity index (χ1v) is 4.66. The second-order valence-corrected chi connectivity index (χ2v) is 3.29. The summed E-state index contributed by atoms with van der Waals surface area (Å²) in [7, 11) is 1.27. The Labute approximate surface area is 82.7 Å². The van der Waals surface area contributed by atoms with E-state index in [0.29, 0.717) is 5.92 Å². The molecule has 1 aliphatic carbocycles. The molecule has 0 aliphatic heterocycles. The predicted octanol–water partition coefficient (Wildman–Crippen LogP) is 1.57. The SMILES string of the molecule is COC(=O)/C(=C/C1CCCC1)N=C=O. The van der Waals surface area contributed by atoms with Gasteiger partial charge in [-0.2, -0.15) is 4.99 Å². The van der Waals surface area contributed by atoms with E-state index < -0.39 is 5.97 Å². The molecular formula is C10H13NO3. The maximum absolute atomic E-state index is 11.1. The Morgan fingerprint density at radius 3 is 2.64 bits per heavy atom. The quantitative estimate of drug-likeness (QED) is 0.297. The summed E-state index contributed by atoms with van der Waals surface area (Å²) in [6.07, 6.45) is 7.51. The van der Waals surface area contributed by atoms with Crippen LogP contribution in [0.1, 0.15) is 25.7 Å². The van der Waals surface area contributed by atoms with Crippen molar-refractivity contribution in [1.82, 2.24) is 0 Å². The number of nitrogens with zero attached hydrogens (tertiary/aromatic N) is 1. The number of methoxy groups -OCH3 is 1. The van der Waals surface area contributed by atoms with Crippen molar-refractivity contribution < 1.29 is 14.3 Å². The largest absolute Gasteiger partial charge is 0.464 e. The van der Waals surface area contributed by atoms with Gasteiger partial charge in [0.25, 0.3) is 0 Å². The summed E-state index contributed by atoms with van der Waals surface area (Å²) in [5, 5.41) is 0. The molecule has 0 N–H and O–H groups in total. The van der Waals surface area contributed by atoms with Crippen LogP contribution in [0.3, 0.4) is 0 Å². The van der Waals surface area contributed by atoms with E-state index in [2.05, 4.69) is 9.73 Å². The standard InChI is InChI=1S/C10H13NO3/c1-14-10(13)9(11-7-12)6-8-4-2-3-5-8/h6,8H,2-5H2,1H3/b9-6-. The first-order chi connectivity index (χ1) is 6.77. The molecule has 1 rings (SSSR count). The Bertz CT molecular complexity index is 284. The normalized spacial score (nSPS) is 17.6. The summed E-state index contributed by atoms with van der Waals surface area (Å²) in [6.45, 7) is 0. The maximum Gasteiger partial charge on any atom is 0.357 e. The number of hydrogen-bond donors (Lipinski definition) is 0. The van der Waals surface area contributed by atoms with Gasteiger partial charge in [-0.15, -0.1) is 0 Å². The van der Waals surface area contributed by atoms with Gasteiger partial charge in [0, 0.05) is 0 Å². The van der Waals surface area contributed by atoms with Gasteiger partial charge in [0.15, 0.2) is 5.70 Å². The van der Waals surface area contributed by atoms with E-state index in [0.717, 1.165) is 12.8 Å². The molecule has 0 atom stereocenters. The zero-order chi connectivity index (χ0) is 10.4. The van der Waals surface area contributed by atoms with Gasteiger partial charge in [0.2, 0.25) is 6.08 Å². The van der Waals surface area contributed by atoms with Crippen LogP contribution in [0.15, 0.2) is 16.8 Å². The van der Waals surface area contributed by atoms with Gasteiger partial charge < -0.3 is 4.74 Å². The Hall–Kier alpha value is -1.41. The van der Waals surface area contributed by atoms with Gasteiger partial charge in [-0.25, -0.2) is 9.59 Å². The second-order valence-electron chi connectivity index (χ2n) is 3.29. The molecule has 0 saturated heterocycles. The molecule has 0 aromatic heterocycles. The molecule has 1 fully saturated rings. The molecule has 0 aromatic rings. The van der Waals surface area contributed by atoms with Crippen LogP contribution in [0.25, 0.3) is 0 Å². The van der Waals surface area contributed by atoms with Crippen LogP contribution < -0.4 is 0 Å². The lowest BCUT2D eigenvalue weighted by molar-refractivity contribution is -0.136. The van der Waals surface area contributed by atoms with Crippen molar-refractivity contribution in [1.29, 1.82) is 0 Å². The maximum atomic E-state index is 11.1. The lowest BCUT2D eigenvalue weighted by Crippen LogP contribution is -2.04. The first kappa shape index (κ1) is 10.7. The Kier molecular flexibility index (Phi) is 4.08. The van der Waals surface area contributed by atoms with Crippen molar-refractivity contribution in [2.45, 2.75) is 25.7 Å². The zero-order valence-corrected chi connectivity index (χ0v) is 8.16. The van der Waals surface area contributed by atoms with Crippen LogP contribution in [0, 0.1) is 5.92 Å². The Morgan fingerprint density at radius 1 is 1.50 bits per heavy atom. The van der Waals surface area contributed by atoms with Crippen LogP contribution >= 0.6 is 0 Å².